The largest absolute Gasteiger partial charge is 0.343 e. The van der Waals surface area contributed by atoms with Gasteiger partial charge in [-0.3, -0.25) is 14.6 Å². The SMILES string of the molecule is CC(=O)N1CCC(C(=O)N(C)C(c2ccc(F)cc2)c2ccccn2)CC1. The Balaban J connectivity index is 1.83. The van der Waals surface area contributed by atoms with Crippen LogP contribution < -0.4 is 0 Å². The van der Waals surface area contributed by atoms with Crippen LogP contribution in [0.4, 0.5) is 4.39 Å². The first-order chi connectivity index (χ1) is 13.0. The van der Waals surface area contributed by atoms with E-state index < -0.39 is 0 Å². The Kier molecular flexibility index (Phi) is 5.84. The van der Waals surface area contributed by atoms with E-state index in [1.807, 2.05) is 18.2 Å². The van der Waals surface area contributed by atoms with E-state index in [1.165, 1.54) is 12.1 Å². The van der Waals surface area contributed by atoms with E-state index in [9.17, 15) is 14.0 Å². The van der Waals surface area contributed by atoms with Crippen molar-refractivity contribution < 1.29 is 14.0 Å². The second kappa shape index (κ2) is 8.29. The fraction of sp³-hybridized carbons (Fsp3) is 0.381. The molecule has 1 aromatic heterocycles. The zero-order valence-corrected chi connectivity index (χ0v) is 15.6. The number of rotatable bonds is 4. The fourth-order valence-electron chi connectivity index (χ4n) is 3.63. The molecule has 0 spiro atoms. The number of aromatic nitrogens is 1. The molecule has 2 amide bonds. The third-order valence-corrected chi connectivity index (χ3v) is 5.18. The number of halogens is 1. The number of hydrogen-bond donors (Lipinski definition) is 0. The standard InChI is InChI=1S/C21H24FN3O2/c1-15(26)25-13-10-17(11-14-25)21(27)24(2)20(19-5-3-4-12-23-19)16-6-8-18(22)9-7-16/h3-9,12,17,20H,10-11,13-14H2,1-2H3. The number of carbonyl (C=O) groups is 2. The topological polar surface area (TPSA) is 53.5 Å². The minimum Gasteiger partial charge on any atom is -0.343 e. The van der Waals surface area contributed by atoms with E-state index in [4.69, 9.17) is 0 Å². The highest BCUT2D eigenvalue weighted by molar-refractivity contribution is 5.80. The molecule has 27 heavy (non-hydrogen) atoms. The van der Waals surface area contributed by atoms with Crippen molar-refractivity contribution in [3.63, 3.8) is 0 Å². The Bertz CT molecular complexity index is 787. The lowest BCUT2D eigenvalue weighted by Gasteiger charge is -2.35. The van der Waals surface area contributed by atoms with Gasteiger partial charge in [0.25, 0.3) is 0 Å². The molecular formula is C21H24FN3O2. The zero-order valence-electron chi connectivity index (χ0n) is 15.6. The predicted molar refractivity (Wildman–Crippen MR) is 100 cm³/mol. The molecule has 0 radical (unpaired) electrons. The van der Waals surface area contributed by atoms with Gasteiger partial charge in [-0.1, -0.05) is 18.2 Å². The average molecular weight is 369 g/mol. The number of amides is 2. The maximum Gasteiger partial charge on any atom is 0.226 e. The molecular weight excluding hydrogens is 345 g/mol. The molecule has 6 heteroatoms. The highest BCUT2D eigenvalue weighted by Crippen LogP contribution is 2.29. The van der Waals surface area contributed by atoms with Crippen LogP contribution in [0, 0.1) is 11.7 Å². The van der Waals surface area contributed by atoms with Crippen LogP contribution in [0.25, 0.3) is 0 Å². The summed E-state index contributed by atoms with van der Waals surface area (Å²) in [5, 5.41) is 0. The highest BCUT2D eigenvalue weighted by atomic mass is 19.1. The lowest BCUT2D eigenvalue weighted by atomic mass is 9.93. The van der Waals surface area contributed by atoms with Crippen LogP contribution in [0.5, 0.6) is 0 Å². The van der Waals surface area contributed by atoms with Gasteiger partial charge in [0.15, 0.2) is 0 Å². The van der Waals surface area contributed by atoms with Crippen molar-refractivity contribution in [2.75, 3.05) is 20.1 Å². The Morgan fingerprint density at radius 1 is 1.15 bits per heavy atom. The van der Waals surface area contributed by atoms with E-state index in [0.29, 0.717) is 25.9 Å². The van der Waals surface area contributed by atoms with E-state index in [1.54, 1.807) is 42.1 Å². The summed E-state index contributed by atoms with van der Waals surface area (Å²) in [7, 11) is 1.77. The number of piperidine rings is 1. The van der Waals surface area contributed by atoms with E-state index >= 15 is 0 Å². The molecule has 2 heterocycles. The highest BCUT2D eigenvalue weighted by Gasteiger charge is 2.32. The van der Waals surface area contributed by atoms with Crippen molar-refractivity contribution in [1.29, 1.82) is 0 Å². The monoisotopic (exact) mass is 369 g/mol. The van der Waals surface area contributed by atoms with E-state index in [-0.39, 0.29) is 29.6 Å². The smallest absolute Gasteiger partial charge is 0.226 e. The molecule has 0 saturated carbocycles. The van der Waals surface area contributed by atoms with Gasteiger partial charge >= 0.3 is 0 Å². The summed E-state index contributed by atoms with van der Waals surface area (Å²) in [5.74, 6) is -0.369. The minimum atomic E-state index is -0.384. The van der Waals surface area contributed by atoms with Gasteiger partial charge in [0, 0.05) is 39.2 Å². The summed E-state index contributed by atoms with van der Waals surface area (Å²) >= 11 is 0. The molecule has 0 aliphatic carbocycles. The van der Waals surface area contributed by atoms with Gasteiger partial charge in [0.05, 0.1) is 11.7 Å². The van der Waals surface area contributed by atoms with E-state index in [2.05, 4.69) is 4.98 Å². The maximum absolute atomic E-state index is 13.4. The van der Waals surface area contributed by atoms with Crippen LogP contribution in [-0.4, -0.2) is 46.7 Å². The van der Waals surface area contributed by atoms with Gasteiger partial charge in [-0.05, 0) is 42.7 Å². The van der Waals surface area contributed by atoms with Crippen LogP contribution in [0.3, 0.4) is 0 Å². The van der Waals surface area contributed by atoms with Crippen LogP contribution in [0.15, 0.2) is 48.7 Å². The van der Waals surface area contributed by atoms with Crippen molar-refractivity contribution in [3.05, 3.63) is 65.7 Å². The maximum atomic E-state index is 13.4. The quantitative estimate of drug-likeness (QED) is 0.832. The number of likely N-dealkylation sites (tertiary alicyclic amines) is 1. The number of hydrogen-bond acceptors (Lipinski definition) is 3. The molecule has 1 fully saturated rings. The molecule has 1 saturated heterocycles. The van der Waals surface area contributed by atoms with Crippen molar-refractivity contribution in [3.8, 4) is 0 Å². The molecule has 1 atom stereocenters. The van der Waals surface area contributed by atoms with Crippen LogP contribution in [-0.2, 0) is 9.59 Å². The molecule has 142 valence electrons. The summed E-state index contributed by atoms with van der Waals surface area (Å²) in [4.78, 5) is 32.6. The van der Waals surface area contributed by atoms with Gasteiger partial charge in [-0.25, -0.2) is 4.39 Å². The molecule has 1 unspecified atom stereocenters. The summed E-state index contributed by atoms with van der Waals surface area (Å²) in [6, 6.07) is 11.4. The second-order valence-corrected chi connectivity index (χ2v) is 6.94. The summed E-state index contributed by atoms with van der Waals surface area (Å²) in [6.07, 6.45) is 3.00. The van der Waals surface area contributed by atoms with E-state index in [0.717, 1.165) is 11.3 Å². The van der Waals surface area contributed by atoms with Crippen molar-refractivity contribution in [2.24, 2.45) is 5.92 Å². The van der Waals surface area contributed by atoms with Gasteiger partial charge in [0.1, 0.15) is 5.82 Å². The summed E-state index contributed by atoms with van der Waals surface area (Å²) < 4.78 is 13.4. The number of nitrogens with zero attached hydrogens (tertiary/aromatic N) is 3. The minimum absolute atomic E-state index is 0.0261. The normalized spacial score (nSPS) is 16.0. The predicted octanol–water partition coefficient (Wildman–Crippen LogP) is 3.03. The van der Waals surface area contributed by atoms with Crippen molar-refractivity contribution >= 4 is 11.8 Å². The van der Waals surface area contributed by atoms with Gasteiger partial charge < -0.3 is 9.80 Å². The van der Waals surface area contributed by atoms with Crippen molar-refractivity contribution in [2.45, 2.75) is 25.8 Å². The number of carbonyl (C=O) groups excluding carboxylic acids is 2. The fourth-order valence-corrected chi connectivity index (χ4v) is 3.63. The first-order valence-electron chi connectivity index (χ1n) is 9.16. The Morgan fingerprint density at radius 3 is 2.37 bits per heavy atom. The third kappa shape index (κ3) is 4.32. The van der Waals surface area contributed by atoms with Crippen molar-refractivity contribution in [1.82, 2.24) is 14.8 Å². The molecule has 2 aromatic rings. The molecule has 5 nitrogen and oxygen atoms in total. The molecule has 3 rings (SSSR count). The summed E-state index contributed by atoms with van der Waals surface area (Å²) in [5.41, 5.74) is 1.55. The first-order valence-corrected chi connectivity index (χ1v) is 9.16. The molecule has 0 N–H and O–H groups in total. The van der Waals surface area contributed by atoms with Crippen LogP contribution in [0.1, 0.15) is 37.1 Å². The van der Waals surface area contributed by atoms with Gasteiger partial charge in [-0.2, -0.15) is 0 Å². The molecule has 0 bridgehead atoms. The molecule has 1 aromatic carbocycles. The second-order valence-electron chi connectivity index (χ2n) is 6.94. The van der Waals surface area contributed by atoms with Crippen LogP contribution in [0.2, 0.25) is 0 Å². The van der Waals surface area contributed by atoms with Crippen LogP contribution >= 0.6 is 0 Å². The Labute approximate surface area is 158 Å². The molecule has 1 aliphatic rings. The number of benzene rings is 1. The average Bonchev–Trinajstić information content (AvgIpc) is 2.70. The summed E-state index contributed by atoms with van der Waals surface area (Å²) in [6.45, 7) is 2.76. The Hall–Kier alpha value is -2.76. The lowest BCUT2D eigenvalue weighted by molar-refractivity contribution is -0.140. The third-order valence-electron chi connectivity index (χ3n) is 5.18. The lowest BCUT2D eigenvalue weighted by Crippen LogP contribution is -2.44. The zero-order chi connectivity index (χ0) is 19.4. The van der Waals surface area contributed by atoms with Gasteiger partial charge in [-0.15, -0.1) is 0 Å². The first kappa shape index (κ1) is 19.0. The van der Waals surface area contributed by atoms with Gasteiger partial charge in [0.2, 0.25) is 11.8 Å². The Morgan fingerprint density at radius 2 is 1.81 bits per heavy atom. The number of pyridine rings is 1. The molecule has 1 aliphatic heterocycles.